The van der Waals surface area contributed by atoms with Crippen molar-refractivity contribution in [3.8, 4) is 11.8 Å². The van der Waals surface area contributed by atoms with Crippen LogP contribution in [0.15, 0.2) is 23.1 Å². The third-order valence-corrected chi connectivity index (χ3v) is 4.17. The van der Waals surface area contributed by atoms with E-state index in [0.717, 1.165) is 18.3 Å². The fourth-order valence-corrected chi connectivity index (χ4v) is 2.83. The number of carbonyl (C=O) groups excluding carboxylic acids is 1. The second-order valence-electron chi connectivity index (χ2n) is 4.88. The molecule has 0 saturated heterocycles. The Morgan fingerprint density at radius 1 is 1.38 bits per heavy atom. The summed E-state index contributed by atoms with van der Waals surface area (Å²) < 4.78 is 63.7. The Labute approximate surface area is 145 Å². The van der Waals surface area contributed by atoms with E-state index in [-0.39, 0.29) is 17.0 Å². The van der Waals surface area contributed by atoms with Crippen molar-refractivity contribution in [2.24, 2.45) is 0 Å². The van der Waals surface area contributed by atoms with Crippen LogP contribution in [0.2, 0.25) is 0 Å². The van der Waals surface area contributed by atoms with E-state index in [1.165, 1.54) is 6.07 Å². The van der Waals surface area contributed by atoms with Crippen molar-refractivity contribution in [2.75, 3.05) is 5.32 Å². The first-order valence-corrected chi connectivity index (χ1v) is 7.48. The zero-order valence-corrected chi connectivity index (χ0v) is 13.3. The molecule has 0 aliphatic rings. The third kappa shape index (κ3) is 4.17. The van der Waals surface area contributed by atoms with Gasteiger partial charge in [-0.1, -0.05) is 0 Å². The first kappa shape index (κ1) is 19.4. The Balaban J connectivity index is 2.34. The average molecular weight is 393 g/mol. The zero-order valence-electron chi connectivity index (χ0n) is 12.5. The quantitative estimate of drug-likeness (QED) is 0.781. The van der Waals surface area contributed by atoms with Gasteiger partial charge in [-0.15, -0.1) is 11.3 Å². The van der Waals surface area contributed by atoms with Crippen molar-refractivity contribution >= 4 is 22.9 Å². The summed E-state index contributed by atoms with van der Waals surface area (Å²) in [5.41, 5.74) is -2.14. The van der Waals surface area contributed by atoms with Gasteiger partial charge in [-0.3, -0.25) is 9.59 Å². The van der Waals surface area contributed by atoms with Gasteiger partial charge in [0.1, 0.15) is 10.9 Å². The molecule has 12 heteroatoms. The Hall–Kier alpha value is -2.94. The topological polar surface area (TPSA) is 95.1 Å². The lowest BCUT2D eigenvalue weighted by molar-refractivity contribution is -0.134. The van der Waals surface area contributed by atoms with Gasteiger partial charge in [-0.2, -0.15) is 18.4 Å². The first-order chi connectivity index (χ1) is 12.0. The molecule has 0 bridgehead atoms. The number of thiophene rings is 1. The maximum atomic E-state index is 12.8. The van der Waals surface area contributed by atoms with Crippen molar-refractivity contribution in [2.45, 2.75) is 19.1 Å². The van der Waals surface area contributed by atoms with Crippen LogP contribution in [0.5, 0.6) is 5.75 Å². The van der Waals surface area contributed by atoms with Gasteiger partial charge < -0.3 is 15.0 Å². The van der Waals surface area contributed by atoms with Crippen molar-refractivity contribution < 1.29 is 31.9 Å². The number of carbonyl (C=O) groups is 1. The Morgan fingerprint density at radius 2 is 2.04 bits per heavy atom. The number of hydrogen-bond donors (Lipinski definition) is 2. The third-order valence-electron chi connectivity index (χ3n) is 2.99. The largest absolute Gasteiger partial charge is 0.503 e. The molecular weight excluding hydrogens is 385 g/mol. The van der Waals surface area contributed by atoms with Crippen LogP contribution in [0.3, 0.4) is 0 Å². The summed E-state index contributed by atoms with van der Waals surface area (Å²) in [6.07, 6.45) is -6.92. The molecule has 2 N–H and O–H groups in total. The Morgan fingerprint density at radius 3 is 2.54 bits per heavy atom. The summed E-state index contributed by atoms with van der Waals surface area (Å²) >= 11 is 0.0300. The van der Waals surface area contributed by atoms with Crippen LogP contribution in [0.4, 0.5) is 27.6 Å². The summed E-state index contributed by atoms with van der Waals surface area (Å²) in [5.74, 6) is -1.99. The molecule has 2 heterocycles. The molecule has 26 heavy (non-hydrogen) atoms. The van der Waals surface area contributed by atoms with Crippen LogP contribution in [0.1, 0.15) is 20.1 Å². The van der Waals surface area contributed by atoms with Gasteiger partial charge >= 0.3 is 6.18 Å². The molecule has 1 amide bonds. The number of aromatic nitrogens is 1. The van der Waals surface area contributed by atoms with Crippen LogP contribution < -0.4 is 10.9 Å². The van der Waals surface area contributed by atoms with Crippen molar-refractivity contribution in [1.29, 1.82) is 5.26 Å². The van der Waals surface area contributed by atoms with E-state index in [2.05, 4.69) is 5.32 Å². The highest BCUT2D eigenvalue weighted by molar-refractivity contribution is 7.14. The van der Waals surface area contributed by atoms with Crippen LogP contribution in [-0.4, -0.2) is 22.0 Å². The molecule has 0 aromatic carbocycles. The highest BCUT2D eigenvalue weighted by atomic mass is 32.1. The lowest BCUT2D eigenvalue weighted by atomic mass is 10.2. The normalized spacial score (nSPS) is 11.4. The molecule has 138 valence electrons. The monoisotopic (exact) mass is 393 g/mol. The molecule has 0 aliphatic carbocycles. The smallest absolute Gasteiger partial charge is 0.426 e. The molecule has 0 saturated carbocycles. The molecule has 0 aliphatic heterocycles. The van der Waals surface area contributed by atoms with E-state index < -0.39 is 51.7 Å². The molecule has 0 atom stereocenters. The number of rotatable bonds is 4. The zero-order chi connectivity index (χ0) is 19.6. The lowest BCUT2D eigenvalue weighted by Crippen LogP contribution is -2.23. The van der Waals surface area contributed by atoms with Gasteiger partial charge in [0.25, 0.3) is 17.9 Å². The molecule has 2 aromatic heterocycles. The average Bonchev–Trinajstić information content (AvgIpc) is 2.96. The van der Waals surface area contributed by atoms with E-state index in [0.29, 0.717) is 4.57 Å². The minimum Gasteiger partial charge on any atom is -0.503 e. The molecule has 6 nitrogen and oxygen atoms in total. The maximum absolute atomic E-state index is 12.8. The van der Waals surface area contributed by atoms with Gasteiger partial charge in [-0.25, -0.2) is 8.78 Å². The van der Waals surface area contributed by atoms with Gasteiger partial charge in [0.05, 0.1) is 22.7 Å². The highest BCUT2D eigenvalue weighted by Crippen LogP contribution is 2.38. The molecular formula is C14H8F5N3O3S. The van der Waals surface area contributed by atoms with E-state index in [9.17, 15) is 36.6 Å². The molecule has 0 unspecified atom stereocenters. The van der Waals surface area contributed by atoms with Gasteiger partial charge in [0.15, 0.2) is 5.75 Å². The van der Waals surface area contributed by atoms with Gasteiger partial charge in [0.2, 0.25) is 0 Å². The minimum atomic E-state index is -4.82. The highest BCUT2D eigenvalue weighted by Gasteiger charge is 2.37. The Kier molecular flexibility index (Phi) is 5.31. The first-order valence-electron chi connectivity index (χ1n) is 6.67. The molecule has 2 aromatic rings. The predicted molar refractivity (Wildman–Crippen MR) is 80.4 cm³/mol. The summed E-state index contributed by atoms with van der Waals surface area (Å²) in [7, 11) is 0. The summed E-state index contributed by atoms with van der Waals surface area (Å²) in [4.78, 5) is 21.9. The Bertz CT molecular complexity index is 943. The standard InChI is InChI=1S/C14H8F5N3O3S/c15-10(16)5-22-4-7(2-8(23)13(22)25)21-12(24)9-1-6(3-20)11(26-9)14(17,18)19/h1-2,4,10,23H,5H2,(H,21,24). The van der Waals surface area contributed by atoms with Crippen molar-refractivity contribution in [1.82, 2.24) is 4.57 Å². The van der Waals surface area contributed by atoms with Crippen molar-refractivity contribution in [3.63, 3.8) is 0 Å². The lowest BCUT2D eigenvalue weighted by Gasteiger charge is -2.09. The number of hydrogen-bond acceptors (Lipinski definition) is 5. The van der Waals surface area contributed by atoms with E-state index in [4.69, 9.17) is 5.26 Å². The second kappa shape index (κ2) is 7.12. The fraction of sp³-hybridized carbons (Fsp3) is 0.214. The van der Waals surface area contributed by atoms with Crippen LogP contribution in [0, 0.1) is 11.3 Å². The molecule has 2 rings (SSSR count). The van der Waals surface area contributed by atoms with Crippen LogP contribution in [0.25, 0.3) is 0 Å². The predicted octanol–water partition coefficient (Wildman–Crippen LogP) is 3.02. The second-order valence-corrected chi connectivity index (χ2v) is 5.93. The van der Waals surface area contributed by atoms with Gasteiger partial charge in [-0.05, 0) is 6.07 Å². The number of nitrogens with zero attached hydrogens (tertiary/aromatic N) is 2. The number of nitriles is 1. The van der Waals surface area contributed by atoms with E-state index in [1.807, 2.05) is 0 Å². The SMILES string of the molecule is N#Cc1cc(C(=O)Nc2cc(O)c(=O)n(CC(F)F)c2)sc1C(F)(F)F. The number of nitrogens with one attached hydrogen (secondary N) is 1. The van der Waals surface area contributed by atoms with E-state index in [1.54, 1.807) is 0 Å². The van der Waals surface area contributed by atoms with Crippen molar-refractivity contribution in [3.05, 3.63) is 44.0 Å². The molecule has 0 radical (unpaired) electrons. The maximum Gasteiger partial charge on any atom is 0.426 e. The van der Waals surface area contributed by atoms with Crippen LogP contribution >= 0.6 is 11.3 Å². The summed E-state index contributed by atoms with van der Waals surface area (Å²) in [6.45, 7) is -1.05. The van der Waals surface area contributed by atoms with Gasteiger partial charge in [0, 0.05) is 12.3 Å². The fourth-order valence-electron chi connectivity index (χ4n) is 1.96. The molecule has 0 fully saturated rings. The number of alkyl halides is 5. The number of amides is 1. The number of aromatic hydroxyl groups is 1. The number of pyridine rings is 1. The minimum absolute atomic E-state index is 0.0300. The number of halogens is 5. The van der Waals surface area contributed by atoms with E-state index >= 15 is 0 Å². The summed E-state index contributed by atoms with van der Waals surface area (Å²) in [5, 5.41) is 20.3. The number of anilines is 1. The summed E-state index contributed by atoms with van der Waals surface area (Å²) in [6, 6.07) is 2.83. The van der Waals surface area contributed by atoms with Crippen LogP contribution in [-0.2, 0) is 12.7 Å². The molecule has 0 spiro atoms.